The Morgan fingerprint density at radius 1 is 1.22 bits per heavy atom. The first-order valence-corrected chi connectivity index (χ1v) is 12.2. The highest BCUT2D eigenvalue weighted by Gasteiger charge is 2.25. The maximum Gasteiger partial charge on any atom is 0.266 e. The molecule has 1 aromatic carbocycles. The van der Waals surface area contributed by atoms with E-state index in [9.17, 15) is 9.59 Å². The van der Waals surface area contributed by atoms with Crippen LogP contribution in [0.3, 0.4) is 0 Å². The molecule has 170 valence electrons. The zero-order valence-electron chi connectivity index (χ0n) is 18.8. The van der Waals surface area contributed by atoms with Crippen LogP contribution in [0.4, 0.5) is 11.5 Å². The van der Waals surface area contributed by atoms with Gasteiger partial charge in [0.15, 0.2) is 0 Å². The highest BCUT2D eigenvalue weighted by Crippen LogP contribution is 2.32. The Morgan fingerprint density at radius 2 is 2.03 bits per heavy atom. The van der Waals surface area contributed by atoms with E-state index in [1.165, 1.54) is 17.8 Å². The molecule has 7 heteroatoms. The van der Waals surface area contributed by atoms with Gasteiger partial charge in [0.2, 0.25) is 5.91 Å². The van der Waals surface area contributed by atoms with Crippen molar-refractivity contribution in [1.29, 1.82) is 0 Å². The summed E-state index contributed by atoms with van der Waals surface area (Å²) in [6, 6.07) is 9.75. The topological polar surface area (TPSA) is 74.4 Å². The summed E-state index contributed by atoms with van der Waals surface area (Å²) >= 11 is 1.42. The SMILES string of the molecule is COCCCc1c(NC(=O)c2cccs2)[nH]c2cc(N(C)C(=O)C3CCCCC3)ccc12. The van der Waals surface area contributed by atoms with E-state index in [-0.39, 0.29) is 17.7 Å². The van der Waals surface area contributed by atoms with Crippen molar-refractivity contribution >= 4 is 45.6 Å². The third-order valence-electron chi connectivity index (χ3n) is 6.32. The number of fused-ring (bicyclic) bond motifs is 1. The summed E-state index contributed by atoms with van der Waals surface area (Å²) in [5, 5.41) is 6.00. The molecular weight excluding hydrogens is 422 g/mol. The first-order chi connectivity index (χ1) is 15.6. The number of anilines is 2. The second kappa shape index (κ2) is 10.3. The summed E-state index contributed by atoms with van der Waals surface area (Å²) in [5.41, 5.74) is 2.85. The molecule has 2 amide bonds. The number of ether oxygens (including phenoxy) is 1. The molecule has 3 aromatic rings. The van der Waals surface area contributed by atoms with Gasteiger partial charge in [0, 0.05) is 48.8 Å². The molecule has 0 spiro atoms. The molecule has 1 fully saturated rings. The van der Waals surface area contributed by atoms with Gasteiger partial charge in [-0.05, 0) is 49.3 Å². The normalized spacial score (nSPS) is 14.6. The summed E-state index contributed by atoms with van der Waals surface area (Å²) in [7, 11) is 3.56. The van der Waals surface area contributed by atoms with Crippen molar-refractivity contribution in [2.45, 2.75) is 44.9 Å². The number of hydrogen-bond donors (Lipinski definition) is 2. The molecule has 32 heavy (non-hydrogen) atoms. The van der Waals surface area contributed by atoms with Crippen molar-refractivity contribution in [3.63, 3.8) is 0 Å². The van der Waals surface area contributed by atoms with E-state index in [0.717, 1.165) is 60.7 Å². The Kier molecular flexibility index (Phi) is 7.27. The van der Waals surface area contributed by atoms with E-state index in [1.54, 1.807) is 12.0 Å². The minimum atomic E-state index is -0.121. The minimum Gasteiger partial charge on any atom is -0.385 e. The molecule has 0 aliphatic heterocycles. The summed E-state index contributed by atoms with van der Waals surface area (Å²) < 4.78 is 5.23. The summed E-state index contributed by atoms with van der Waals surface area (Å²) in [5.74, 6) is 0.915. The second-order valence-corrected chi connectivity index (χ2v) is 9.42. The highest BCUT2D eigenvalue weighted by molar-refractivity contribution is 7.12. The van der Waals surface area contributed by atoms with Gasteiger partial charge in [-0.1, -0.05) is 31.4 Å². The van der Waals surface area contributed by atoms with E-state index in [1.807, 2.05) is 36.7 Å². The number of methoxy groups -OCH3 is 1. The summed E-state index contributed by atoms with van der Waals surface area (Å²) in [6.45, 7) is 0.654. The van der Waals surface area contributed by atoms with Crippen molar-refractivity contribution in [2.24, 2.45) is 5.92 Å². The number of aromatic nitrogens is 1. The maximum absolute atomic E-state index is 13.0. The van der Waals surface area contributed by atoms with Crippen LogP contribution in [0, 0.1) is 5.92 Å². The van der Waals surface area contributed by atoms with Crippen molar-refractivity contribution in [1.82, 2.24) is 4.98 Å². The van der Waals surface area contributed by atoms with Crippen molar-refractivity contribution < 1.29 is 14.3 Å². The minimum absolute atomic E-state index is 0.121. The molecule has 2 heterocycles. The fourth-order valence-electron chi connectivity index (χ4n) is 4.55. The molecule has 2 aromatic heterocycles. The molecule has 6 nitrogen and oxygen atoms in total. The number of nitrogens with zero attached hydrogens (tertiary/aromatic N) is 1. The van der Waals surface area contributed by atoms with Crippen LogP contribution in [0.1, 0.15) is 53.8 Å². The number of carbonyl (C=O) groups is 2. The molecule has 0 saturated heterocycles. The number of hydrogen-bond acceptors (Lipinski definition) is 4. The van der Waals surface area contributed by atoms with Gasteiger partial charge < -0.3 is 19.9 Å². The van der Waals surface area contributed by atoms with Gasteiger partial charge >= 0.3 is 0 Å². The number of benzene rings is 1. The maximum atomic E-state index is 13.0. The third kappa shape index (κ3) is 4.89. The number of amides is 2. The van der Waals surface area contributed by atoms with Crippen LogP contribution >= 0.6 is 11.3 Å². The van der Waals surface area contributed by atoms with Gasteiger partial charge in [-0.3, -0.25) is 9.59 Å². The predicted molar refractivity (Wildman–Crippen MR) is 131 cm³/mol. The average molecular weight is 454 g/mol. The number of nitrogens with one attached hydrogen (secondary N) is 2. The van der Waals surface area contributed by atoms with Crippen LogP contribution in [-0.2, 0) is 16.0 Å². The van der Waals surface area contributed by atoms with E-state index >= 15 is 0 Å². The van der Waals surface area contributed by atoms with Gasteiger partial charge in [-0.25, -0.2) is 0 Å². The summed E-state index contributed by atoms with van der Waals surface area (Å²) in [6.07, 6.45) is 7.11. The molecule has 4 rings (SSSR count). The lowest BCUT2D eigenvalue weighted by molar-refractivity contribution is -0.123. The number of aromatic amines is 1. The van der Waals surface area contributed by atoms with Crippen LogP contribution in [0.5, 0.6) is 0 Å². The quantitative estimate of drug-likeness (QED) is 0.436. The predicted octanol–water partition coefficient (Wildman–Crippen LogP) is 5.60. The lowest BCUT2D eigenvalue weighted by Gasteiger charge is -2.26. The second-order valence-electron chi connectivity index (χ2n) is 8.47. The van der Waals surface area contributed by atoms with Crippen LogP contribution in [0.2, 0.25) is 0 Å². The number of rotatable bonds is 8. The molecule has 1 aliphatic rings. The van der Waals surface area contributed by atoms with Crippen LogP contribution < -0.4 is 10.2 Å². The molecule has 2 N–H and O–H groups in total. The first-order valence-electron chi connectivity index (χ1n) is 11.3. The van der Waals surface area contributed by atoms with Crippen LogP contribution in [0.15, 0.2) is 35.7 Å². The number of thiophene rings is 1. The number of carbonyl (C=O) groups excluding carboxylic acids is 2. The van der Waals surface area contributed by atoms with E-state index < -0.39 is 0 Å². The number of H-pyrrole nitrogens is 1. The van der Waals surface area contributed by atoms with Crippen molar-refractivity contribution in [3.8, 4) is 0 Å². The van der Waals surface area contributed by atoms with Crippen molar-refractivity contribution in [3.05, 3.63) is 46.2 Å². The van der Waals surface area contributed by atoms with E-state index in [0.29, 0.717) is 17.3 Å². The van der Waals surface area contributed by atoms with Crippen LogP contribution in [-0.4, -0.2) is 37.6 Å². The fraction of sp³-hybridized carbons (Fsp3) is 0.440. The Hall–Kier alpha value is -2.64. The van der Waals surface area contributed by atoms with Gasteiger partial charge in [-0.2, -0.15) is 0 Å². The van der Waals surface area contributed by atoms with Gasteiger partial charge in [-0.15, -0.1) is 11.3 Å². The van der Waals surface area contributed by atoms with Gasteiger partial charge in [0.05, 0.1) is 4.88 Å². The standard InChI is InChI=1S/C25H31N3O3S/c1-28(25(30)17-8-4-3-5-9-17)18-12-13-19-20(10-6-14-31-2)23(26-21(19)16-18)27-24(29)22-11-7-15-32-22/h7,11-13,15-17,26H,3-6,8-10,14H2,1-2H3,(H,27,29). The molecule has 0 radical (unpaired) electrons. The summed E-state index contributed by atoms with van der Waals surface area (Å²) in [4.78, 5) is 31.5. The van der Waals surface area contributed by atoms with E-state index in [2.05, 4.69) is 16.4 Å². The largest absolute Gasteiger partial charge is 0.385 e. The molecular formula is C25H31N3O3S. The van der Waals surface area contributed by atoms with Crippen LogP contribution in [0.25, 0.3) is 10.9 Å². The highest BCUT2D eigenvalue weighted by atomic mass is 32.1. The zero-order chi connectivity index (χ0) is 22.5. The molecule has 0 bridgehead atoms. The Labute approximate surface area is 193 Å². The number of aryl methyl sites for hydroxylation is 1. The average Bonchev–Trinajstić information content (AvgIpc) is 3.47. The van der Waals surface area contributed by atoms with Crippen molar-refractivity contribution in [2.75, 3.05) is 31.0 Å². The first kappa shape index (κ1) is 22.6. The third-order valence-corrected chi connectivity index (χ3v) is 7.19. The lowest BCUT2D eigenvalue weighted by Crippen LogP contribution is -2.33. The fourth-order valence-corrected chi connectivity index (χ4v) is 5.16. The smallest absolute Gasteiger partial charge is 0.266 e. The Bertz CT molecular complexity index is 1070. The molecule has 0 unspecified atom stereocenters. The monoisotopic (exact) mass is 453 g/mol. The van der Waals surface area contributed by atoms with Gasteiger partial charge in [0.1, 0.15) is 5.82 Å². The molecule has 0 atom stereocenters. The van der Waals surface area contributed by atoms with Gasteiger partial charge in [0.25, 0.3) is 5.91 Å². The lowest BCUT2D eigenvalue weighted by atomic mass is 9.88. The Morgan fingerprint density at radius 3 is 2.75 bits per heavy atom. The van der Waals surface area contributed by atoms with E-state index in [4.69, 9.17) is 4.74 Å². The zero-order valence-corrected chi connectivity index (χ0v) is 19.6. The molecule has 1 aliphatic carbocycles. The Balaban J connectivity index is 1.61. The molecule has 1 saturated carbocycles.